The van der Waals surface area contributed by atoms with Crippen LogP contribution in [0.3, 0.4) is 0 Å². The van der Waals surface area contributed by atoms with E-state index in [4.69, 9.17) is 21.3 Å². The Balaban J connectivity index is 4.32. The van der Waals surface area contributed by atoms with Gasteiger partial charge in [-0.15, -0.1) is 0 Å². The second-order valence-corrected chi connectivity index (χ2v) is 3.64. The number of nitrogens with two attached hydrogens (primary N) is 2. The van der Waals surface area contributed by atoms with Gasteiger partial charge in [0.15, 0.2) is 0 Å². The Morgan fingerprint density at radius 3 is 2.25 bits per heavy atom. The standard InChI is InChI=1S/C10H20N2O4/c1-3-5-6(11)10(15)16-7(4-2)8(12)9(13)14/h6-8H,3-5,11-12H2,1-2H3,(H,13,14). The topological polar surface area (TPSA) is 116 Å². The lowest BCUT2D eigenvalue weighted by Crippen LogP contribution is -2.46. The maximum absolute atomic E-state index is 11.4. The van der Waals surface area contributed by atoms with Crippen molar-refractivity contribution in [3.05, 3.63) is 0 Å². The summed E-state index contributed by atoms with van der Waals surface area (Å²) < 4.78 is 4.97. The Labute approximate surface area is 94.9 Å². The van der Waals surface area contributed by atoms with Crippen molar-refractivity contribution in [1.82, 2.24) is 0 Å². The molecular weight excluding hydrogens is 212 g/mol. The number of carbonyl (C=O) groups excluding carboxylic acids is 1. The molecule has 0 radical (unpaired) electrons. The second kappa shape index (κ2) is 7.19. The normalized spacial score (nSPS) is 16.2. The Morgan fingerprint density at radius 2 is 1.88 bits per heavy atom. The molecule has 0 aromatic heterocycles. The highest BCUT2D eigenvalue weighted by molar-refractivity contribution is 5.77. The number of rotatable bonds is 7. The average molecular weight is 232 g/mol. The van der Waals surface area contributed by atoms with Crippen molar-refractivity contribution in [3.8, 4) is 0 Å². The van der Waals surface area contributed by atoms with Gasteiger partial charge in [0.2, 0.25) is 0 Å². The highest BCUT2D eigenvalue weighted by Crippen LogP contribution is 2.06. The lowest BCUT2D eigenvalue weighted by atomic mass is 10.1. The first-order chi connectivity index (χ1) is 7.43. The van der Waals surface area contributed by atoms with Gasteiger partial charge < -0.3 is 21.3 Å². The summed E-state index contributed by atoms with van der Waals surface area (Å²) in [5, 5.41) is 8.69. The van der Waals surface area contributed by atoms with Gasteiger partial charge in [0.1, 0.15) is 18.2 Å². The zero-order chi connectivity index (χ0) is 12.7. The molecule has 94 valence electrons. The highest BCUT2D eigenvalue weighted by Gasteiger charge is 2.27. The summed E-state index contributed by atoms with van der Waals surface area (Å²) in [4.78, 5) is 22.1. The van der Waals surface area contributed by atoms with Gasteiger partial charge in [0.25, 0.3) is 0 Å². The number of hydrogen-bond donors (Lipinski definition) is 3. The Kier molecular flexibility index (Phi) is 6.67. The molecule has 6 heteroatoms. The Bertz CT molecular complexity index is 245. The van der Waals surface area contributed by atoms with Crippen LogP contribution < -0.4 is 11.5 Å². The molecule has 3 unspecified atom stereocenters. The molecule has 5 N–H and O–H groups in total. The van der Waals surface area contributed by atoms with Gasteiger partial charge >= 0.3 is 11.9 Å². The molecule has 0 bridgehead atoms. The summed E-state index contributed by atoms with van der Waals surface area (Å²) in [7, 11) is 0. The van der Waals surface area contributed by atoms with Gasteiger partial charge in [0, 0.05) is 0 Å². The van der Waals surface area contributed by atoms with E-state index in [0.717, 1.165) is 6.42 Å². The third kappa shape index (κ3) is 4.59. The van der Waals surface area contributed by atoms with E-state index in [9.17, 15) is 9.59 Å². The number of hydrogen-bond acceptors (Lipinski definition) is 5. The van der Waals surface area contributed by atoms with E-state index >= 15 is 0 Å². The van der Waals surface area contributed by atoms with Crippen LogP contribution in [-0.2, 0) is 14.3 Å². The molecule has 0 spiro atoms. The van der Waals surface area contributed by atoms with Crippen LogP contribution in [0.5, 0.6) is 0 Å². The van der Waals surface area contributed by atoms with E-state index in [2.05, 4.69) is 0 Å². The molecule has 0 heterocycles. The minimum absolute atomic E-state index is 0.345. The number of carbonyl (C=O) groups is 2. The lowest BCUT2D eigenvalue weighted by Gasteiger charge is -2.21. The monoisotopic (exact) mass is 232 g/mol. The first kappa shape index (κ1) is 14.9. The minimum atomic E-state index is -1.21. The van der Waals surface area contributed by atoms with E-state index in [1.165, 1.54) is 0 Å². The van der Waals surface area contributed by atoms with Crippen molar-refractivity contribution in [2.24, 2.45) is 11.5 Å². The molecule has 0 aromatic rings. The van der Waals surface area contributed by atoms with Crippen molar-refractivity contribution in [2.75, 3.05) is 0 Å². The molecule has 0 aromatic carbocycles. The first-order valence-electron chi connectivity index (χ1n) is 5.38. The summed E-state index contributed by atoms with van der Waals surface area (Å²) in [6, 6.07) is -1.91. The second-order valence-electron chi connectivity index (χ2n) is 3.64. The van der Waals surface area contributed by atoms with Crippen molar-refractivity contribution in [2.45, 2.75) is 51.3 Å². The zero-order valence-electron chi connectivity index (χ0n) is 9.68. The van der Waals surface area contributed by atoms with E-state index in [1.54, 1.807) is 6.92 Å². The molecule has 16 heavy (non-hydrogen) atoms. The summed E-state index contributed by atoms with van der Waals surface area (Å²) in [5.74, 6) is -1.78. The van der Waals surface area contributed by atoms with Crippen molar-refractivity contribution in [1.29, 1.82) is 0 Å². The number of esters is 1. The van der Waals surface area contributed by atoms with Crippen molar-refractivity contribution in [3.63, 3.8) is 0 Å². The summed E-state index contributed by atoms with van der Waals surface area (Å²) in [5.41, 5.74) is 10.9. The molecule has 0 saturated heterocycles. The minimum Gasteiger partial charge on any atom is -0.480 e. The Morgan fingerprint density at radius 1 is 1.31 bits per heavy atom. The molecule has 6 nitrogen and oxygen atoms in total. The van der Waals surface area contributed by atoms with E-state index < -0.39 is 30.1 Å². The zero-order valence-corrected chi connectivity index (χ0v) is 9.68. The fourth-order valence-corrected chi connectivity index (χ4v) is 1.24. The third-order valence-electron chi connectivity index (χ3n) is 2.26. The molecule has 0 fully saturated rings. The molecule has 0 saturated carbocycles. The molecule has 3 atom stereocenters. The Hall–Kier alpha value is -1.14. The van der Waals surface area contributed by atoms with Gasteiger partial charge in [-0.05, 0) is 12.8 Å². The predicted octanol–water partition coefficient (Wildman–Crippen LogP) is -0.152. The molecule has 0 aliphatic heterocycles. The fraction of sp³-hybridized carbons (Fsp3) is 0.800. The van der Waals surface area contributed by atoms with Crippen LogP contribution >= 0.6 is 0 Å². The molecule has 0 amide bonds. The maximum atomic E-state index is 11.4. The highest BCUT2D eigenvalue weighted by atomic mass is 16.5. The number of carboxylic acid groups (broad SMARTS) is 1. The van der Waals surface area contributed by atoms with E-state index in [1.807, 2.05) is 6.92 Å². The fourth-order valence-electron chi connectivity index (χ4n) is 1.24. The van der Waals surface area contributed by atoms with Crippen LogP contribution in [0.1, 0.15) is 33.1 Å². The predicted molar refractivity (Wildman–Crippen MR) is 58.7 cm³/mol. The van der Waals surface area contributed by atoms with Crippen LogP contribution in [0.2, 0.25) is 0 Å². The number of ether oxygens (including phenoxy) is 1. The van der Waals surface area contributed by atoms with Gasteiger partial charge in [-0.1, -0.05) is 20.3 Å². The number of aliphatic carboxylic acids is 1. The molecule has 0 rings (SSSR count). The molecule has 0 aliphatic carbocycles. The van der Waals surface area contributed by atoms with Gasteiger partial charge in [-0.3, -0.25) is 9.59 Å². The van der Waals surface area contributed by atoms with Crippen LogP contribution in [0, 0.1) is 0 Å². The molecular formula is C10H20N2O4. The van der Waals surface area contributed by atoms with Crippen LogP contribution in [0.4, 0.5) is 0 Å². The van der Waals surface area contributed by atoms with Gasteiger partial charge in [-0.25, -0.2) is 0 Å². The average Bonchev–Trinajstić information content (AvgIpc) is 2.24. The van der Waals surface area contributed by atoms with Crippen molar-refractivity contribution < 1.29 is 19.4 Å². The maximum Gasteiger partial charge on any atom is 0.324 e. The molecule has 0 aliphatic rings. The number of carboxylic acids is 1. The first-order valence-corrected chi connectivity index (χ1v) is 5.38. The van der Waals surface area contributed by atoms with E-state index in [-0.39, 0.29) is 0 Å². The van der Waals surface area contributed by atoms with Crippen LogP contribution in [0.25, 0.3) is 0 Å². The summed E-state index contributed by atoms with van der Waals surface area (Å²) in [6.45, 7) is 3.60. The summed E-state index contributed by atoms with van der Waals surface area (Å²) in [6.07, 6.45) is 0.793. The largest absolute Gasteiger partial charge is 0.480 e. The van der Waals surface area contributed by atoms with Gasteiger partial charge in [0.05, 0.1) is 0 Å². The quantitative estimate of drug-likeness (QED) is 0.525. The SMILES string of the molecule is CCCC(N)C(=O)OC(CC)C(N)C(=O)O. The lowest BCUT2D eigenvalue weighted by molar-refractivity contribution is -0.156. The smallest absolute Gasteiger partial charge is 0.324 e. The van der Waals surface area contributed by atoms with Crippen LogP contribution in [0.15, 0.2) is 0 Å². The van der Waals surface area contributed by atoms with E-state index in [0.29, 0.717) is 12.8 Å². The van der Waals surface area contributed by atoms with Crippen molar-refractivity contribution >= 4 is 11.9 Å². The summed E-state index contributed by atoms with van der Waals surface area (Å²) >= 11 is 0. The van der Waals surface area contributed by atoms with Crippen LogP contribution in [-0.4, -0.2) is 35.2 Å². The van der Waals surface area contributed by atoms with Gasteiger partial charge in [-0.2, -0.15) is 0 Å². The third-order valence-corrected chi connectivity index (χ3v) is 2.26.